The van der Waals surface area contributed by atoms with E-state index in [2.05, 4.69) is 0 Å². The van der Waals surface area contributed by atoms with Crippen molar-refractivity contribution in [2.75, 3.05) is 28.8 Å². The number of nitrogens with zero attached hydrogens (tertiary/aromatic N) is 3. The highest BCUT2D eigenvalue weighted by molar-refractivity contribution is 7.92. The number of carbonyl (C=O) groups is 3. The number of rotatable bonds is 5. The second kappa shape index (κ2) is 10.4. The van der Waals surface area contributed by atoms with Gasteiger partial charge in [-0.05, 0) is 32.6 Å². The molecule has 0 aliphatic carbocycles. The second-order valence-electron chi connectivity index (χ2n) is 11.3. The number of amides is 3. The molecular formula is C23H36FN5O8S. The first kappa shape index (κ1) is 30.9. The number of hydrogen-bond acceptors (Lipinski definition) is 8. The fraction of sp³-hybridized carbons (Fsp3) is 0.609. The average Bonchev–Trinajstić information content (AvgIpc) is 3.18. The Balaban J connectivity index is 0.00000507. The minimum atomic E-state index is -4.43. The van der Waals surface area contributed by atoms with Gasteiger partial charge in [0.1, 0.15) is 23.6 Å². The van der Waals surface area contributed by atoms with E-state index < -0.39 is 63.7 Å². The number of nitrogens with one attached hydrogen (secondary N) is 1. The van der Waals surface area contributed by atoms with Crippen LogP contribution in [0.15, 0.2) is 6.07 Å². The average molecular weight is 562 g/mol. The number of carboxylic acid groups (broad SMARTS) is 1. The Bertz CT molecular complexity index is 1230. The smallest absolute Gasteiger partial charge is 0.412 e. The highest BCUT2D eigenvalue weighted by atomic mass is 32.2. The van der Waals surface area contributed by atoms with E-state index in [-0.39, 0.29) is 42.3 Å². The van der Waals surface area contributed by atoms with E-state index >= 15 is 4.39 Å². The molecule has 1 atom stereocenters. The molecule has 1 aromatic carbocycles. The van der Waals surface area contributed by atoms with Crippen molar-refractivity contribution in [3.05, 3.63) is 17.4 Å². The molecule has 1 aromatic rings. The van der Waals surface area contributed by atoms with Crippen molar-refractivity contribution < 1.29 is 42.1 Å². The molecule has 0 bridgehead atoms. The molecule has 13 nitrogen and oxygen atoms in total. The SMILES string of the molecule is CC(C)(C)CCN(C[C@H]1Cc2c(cc(O)c(N3CC(=O)NS3(=O)=O)c2F)N1C(=O)O)C(=O)OC(C)(C)C.N. The maximum Gasteiger partial charge on any atom is 0.412 e. The normalized spacial score (nSPS) is 18.5. The number of fused-ring (bicyclic) bond motifs is 1. The minimum absolute atomic E-state index is 0. The summed E-state index contributed by atoms with van der Waals surface area (Å²) in [7, 11) is -4.43. The summed E-state index contributed by atoms with van der Waals surface area (Å²) in [5, 5.41) is 20.4. The van der Waals surface area contributed by atoms with Crippen LogP contribution in [0.2, 0.25) is 0 Å². The first-order chi connectivity index (χ1) is 16.8. The fourth-order valence-electron chi connectivity index (χ4n) is 4.18. The number of halogens is 1. The predicted octanol–water partition coefficient (Wildman–Crippen LogP) is 2.96. The molecule has 0 saturated carbocycles. The van der Waals surface area contributed by atoms with Gasteiger partial charge in [-0.25, -0.2) is 23.0 Å². The summed E-state index contributed by atoms with van der Waals surface area (Å²) in [6.45, 7) is 10.4. The van der Waals surface area contributed by atoms with Gasteiger partial charge in [0.25, 0.3) is 5.91 Å². The fourth-order valence-corrected chi connectivity index (χ4v) is 5.35. The third-order valence-electron chi connectivity index (χ3n) is 5.85. The van der Waals surface area contributed by atoms with E-state index in [1.807, 2.05) is 20.8 Å². The van der Waals surface area contributed by atoms with Crippen molar-refractivity contribution >= 4 is 39.7 Å². The Labute approximate surface area is 221 Å². The lowest BCUT2D eigenvalue weighted by molar-refractivity contribution is -0.117. The van der Waals surface area contributed by atoms with Crippen LogP contribution >= 0.6 is 0 Å². The maximum atomic E-state index is 15.7. The van der Waals surface area contributed by atoms with Crippen LogP contribution in [0.25, 0.3) is 0 Å². The zero-order valence-electron chi connectivity index (χ0n) is 22.4. The summed E-state index contributed by atoms with van der Waals surface area (Å²) in [5.74, 6) is -2.92. The number of hydrogen-bond donors (Lipinski definition) is 4. The Morgan fingerprint density at radius 3 is 2.32 bits per heavy atom. The Morgan fingerprint density at radius 1 is 1.24 bits per heavy atom. The van der Waals surface area contributed by atoms with Crippen molar-refractivity contribution in [3.8, 4) is 5.75 Å². The first-order valence-electron chi connectivity index (χ1n) is 11.7. The lowest BCUT2D eigenvalue weighted by Crippen LogP contribution is -2.48. The number of carbonyl (C=O) groups excluding carboxylic acids is 2. The summed E-state index contributed by atoms with van der Waals surface area (Å²) in [6, 6.07) is 0.00624. The molecule has 0 radical (unpaired) electrons. The van der Waals surface area contributed by atoms with Gasteiger partial charge < -0.3 is 26.0 Å². The van der Waals surface area contributed by atoms with E-state index in [0.29, 0.717) is 10.7 Å². The second-order valence-corrected chi connectivity index (χ2v) is 12.9. The zero-order chi connectivity index (χ0) is 28.1. The lowest BCUT2D eigenvalue weighted by Gasteiger charge is -2.33. The van der Waals surface area contributed by atoms with Crippen LogP contribution in [-0.4, -0.2) is 72.9 Å². The topological polar surface area (TPSA) is 192 Å². The number of phenolic OH excluding ortho intramolecular Hbond substituents is 1. The van der Waals surface area contributed by atoms with E-state index in [4.69, 9.17) is 4.74 Å². The number of phenols is 1. The van der Waals surface area contributed by atoms with Crippen molar-refractivity contribution in [3.63, 3.8) is 0 Å². The van der Waals surface area contributed by atoms with Gasteiger partial charge in [0.2, 0.25) is 0 Å². The molecule has 38 heavy (non-hydrogen) atoms. The molecule has 0 unspecified atom stereocenters. The molecule has 2 aliphatic heterocycles. The standard InChI is InChI=1S/C23H33FN4O8S.H3N/c1-22(2,3)7-8-26(21(33)36-23(4,5)6)11-13-9-14-15(28(13)20(31)32)10-16(29)19(18(14)24)27-12-17(30)25-37(27,34)35;/h10,13,29H,7-9,11-12H2,1-6H3,(H,25,30)(H,31,32);1H3/t13-;/m1./s1. The number of benzene rings is 1. The van der Waals surface area contributed by atoms with Gasteiger partial charge in [-0.15, -0.1) is 0 Å². The van der Waals surface area contributed by atoms with Crippen LogP contribution in [-0.2, 0) is 26.2 Å². The Kier molecular flexibility index (Phi) is 8.49. The molecule has 1 saturated heterocycles. The van der Waals surface area contributed by atoms with Gasteiger partial charge >= 0.3 is 22.4 Å². The molecule has 1 fully saturated rings. The van der Waals surface area contributed by atoms with Gasteiger partial charge in [0.05, 0.1) is 11.7 Å². The summed E-state index contributed by atoms with van der Waals surface area (Å²) < 4.78 is 47.8. The summed E-state index contributed by atoms with van der Waals surface area (Å²) in [4.78, 5) is 39.0. The van der Waals surface area contributed by atoms with Crippen LogP contribution in [0.3, 0.4) is 0 Å². The quantitative estimate of drug-likeness (QED) is 0.418. The summed E-state index contributed by atoms with van der Waals surface area (Å²) in [5.41, 5.74) is -2.03. The largest absolute Gasteiger partial charge is 0.506 e. The highest BCUT2D eigenvalue weighted by Crippen LogP contribution is 2.44. The molecule has 15 heteroatoms. The Morgan fingerprint density at radius 2 is 1.84 bits per heavy atom. The maximum absolute atomic E-state index is 15.7. The molecule has 0 aromatic heterocycles. The highest BCUT2D eigenvalue weighted by Gasteiger charge is 2.43. The van der Waals surface area contributed by atoms with Crippen molar-refractivity contribution in [2.45, 2.75) is 66.0 Å². The summed E-state index contributed by atoms with van der Waals surface area (Å²) in [6.07, 6.45) is -1.73. The first-order valence-corrected chi connectivity index (χ1v) is 13.1. The van der Waals surface area contributed by atoms with Crippen LogP contribution in [0, 0.1) is 11.2 Å². The predicted molar refractivity (Wildman–Crippen MR) is 137 cm³/mol. The van der Waals surface area contributed by atoms with E-state index in [1.54, 1.807) is 25.5 Å². The van der Waals surface area contributed by atoms with Crippen LogP contribution in [0.1, 0.15) is 53.5 Å². The molecule has 2 aliphatic rings. The third kappa shape index (κ3) is 6.56. The zero-order valence-corrected chi connectivity index (χ0v) is 23.2. The third-order valence-corrected chi connectivity index (χ3v) is 7.23. The lowest BCUT2D eigenvalue weighted by atomic mass is 9.92. The number of anilines is 2. The van der Waals surface area contributed by atoms with Gasteiger partial charge in [0, 0.05) is 31.1 Å². The molecule has 3 rings (SSSR count). The number of ether oxygens (including phenoxy) is 1. The molecule has 2 heterocycles. The van der Waals surface area contributed by atoms with Crippen molar-refractivity contribution in [2.24, 2.45) is 5.41 Å². The van der Waals surface area contributed by atoms with E-state index in [1.165, 1.54) is 4.90 Å². The monoisotopic (exact) mass is 561 g/mol. The van der Waals surface area contributed by atoms with Crippen LogP contribution in [0.4, 0.5) is 25.4 Å². The molecule has 3 amide bonds. The summed E-state index contributed by atoms with van der Waals surface area (Å²) >= 11 is 0. The van der Waals surface area contributed by atoms with Crippen molar-refractivity contribution in [1.29, 1.82) is 0 Å². The molecule has 0 spiro atoms. The van der Waals surface area contributed by atoms with Gasteiger partial charge in [-0.2, -0.15) is 8.42 Å². The van der Waals surface area contributed by atoms with Gasteiger partial charge in [-0.3, -0.25) is 9.69 Å². The molecule has 6 N–H and O–H groups in total. The van der Waals surface area contributed by atoms with E-state index in [0.717, 1.165) is 11.0 Å². The van der Waals surface area contributed by atoms with Gasteiger partial charge in [0.15, 0.2) is 5.82 Å². The molecule has 214 valence electrons. The minimum Gasteiger partial charge on any atom is -0.506 e. The van der Waals surface area contributed by atoms with Crippen LogP contribution < -0.4 is 20.1 Å². The van der Waals surface area contributed by atoms with Crippen LogP contribution in [0.5, 0.6) is 5.75 Å². The Hall–Kier alpha value is -3.33. The molecular weight excluding hydrogens is 525 g/mol. The van der Waals surface area contributed by atoms with E-state index in [9.17, 15) is 33.0 Å². The number of aromatic hydroxyl groups is 1. The van der Waals surface area contributed by atoms with Crippen molar-refractivity contribution in [1.82, 2.24) is 15.8 Å². The van der Waals surface area contributed by atoms with Gasteiger partial charge in [-0.1, -0.05) is 20.8 Å².